The lowest BCUT2D eigenvalue weighted by molar-refractivity contribution is -0.116. The lowest BCUT2D eigenvalue weighted by Crippen LogP contribution is -2.33. The maximum Gasteiger partial charge on any atom is 0.254 e. The molecule has 0 radical (unpaired) electrons. The van der Waals surface area contributed by atoms with E-state index in [0.29, 0.717) is 29.4 Å². The van der Waals surface area contributed by atoms with Crippen molar-refractivity contribution >= 4 is 39.9 Å². The first-order valence-electron chi connectivity index (χ1n) is 11.1. The van der Waals surface area contributed by atoms with E-state index in [0.717, 1.165) is 27.7 Å². The van der Waals surface area contributed by atoms with Gasteiger partial charge in [0.05, 0.1) is 29.8 Å². The van der Waals surface area contributed by atoms with Gasteiger partial charge in [0, 0.05) is 34.9 Å². The molecule has 0 aliphatic carbocycles. The molecular weight excluding hydrogens is 458 g/mol. The number of carbonyl (C=O) groups is 2. The van der Waals surface area contributed by atoms with Crippen LogP contribution in [0.3, 0.4) is 0 Å². The number of fused-ring (bicyclic) bond motifs is 2. The highest BCUT2D eigenvalue weighted by molar-refractivity contribution is 6.02. The molecule has 11 nitrogen and oxygen atoms in total. The van der Waals surface area contributed by atoms with Gasteiger partial charge in [-0.25, -0.2) is 9.97 Å². The third kappa shape index (κ3) is 4.20. The maximum atomic E-state index is 12.8. The predicted molar refractivity (Wildman–Crippen MR) is 132 cm³/mol. The Hall–Kier alpha value is -5.19. The van der Waals surface area contributed by atoms with Crippen molar-refractivity contribution in [1.29, 1.82) is 0 Å². The molecule has 2 amide bonds. The molecule has 5 aromatic rings. The number of rotatable bonds is 6. The van der Waals surface area contributed by atoms with Crippen LogP contribution in [0.2, 0.25) is 0 Å². The fourth-order valence-corrected chi connectivity index (χ4v) is 4.12. The van der Waals surface area contributed by atoms with Crippen molar-refractivity contribution in [1.82, 2.24) is 35.3 Å². The number of nitrogens with one attached hydrogen (secondary N) is 3. The number of hydrogen-bond donors (Lipinski definition) is 3. The molecule has 0 atom stereocenters. The monoisotopic (exact) mass is 477 g/mol. The summed E-state index contributed by atoms with van der Waals surface area (Å²) in [6.45, 7) is 0.259. The third-order valence-corrected chi connectivity index (χ3v) is 5.81. The van der Waals surface area contributed by atoms with Gasteiger partial charge in [-0.15, -0.1) is 0 Å². The number of hydrogen-bond acceptors (Lipinski definition) is 8. The first-order valence-corrected chi connectivity index (χ1v) is 11.1. The average molecular weight is 477 g/mol. The van der Waals surface area contributed by atoms with Crippen molar-refractivity contribution in [3.63, 3.8) is 0 Å². The Balaban J connectivity index is 1.17. The van der Waals surface area contributed by atoms with Gasteiger partial charge in [0.15, 0.2) is 5.82 Å². The van der Waals surface area contributed by atoms with Gasteiger partial charge in [0.25, 0.3) is 5.91 Å². The fraction of sp³-hybridized carbons (Fsp3) is 0.0800. The summed E-state index contributed by atoms with van der Waals surface area (Å²) in [6, 6.07) is 14.8. The first kappa shape index (κ1) is 21.4. The van der Waals surface area contributed by atoms with Crippen molar-refractivity contribution in [2.45, 2.75) is 6.54 Å². The van der Waals surface area contributed by atoms with E-state index in [-0.39, 0.29) is 18.4 Å². The summed E-state index contributed by atoms with van der Waals surface area (Å²) in [5.41, 5.74) is 4.53. The molecule has 3 N–H and O–H groups in total. The van der Waals surface area contributed by atoms with E-state index in [9.17, 15) is 9.59 Å². The number of aromatic nitrogens is 6. The normalized spacial score (nSPS) is 12.6. The minimum Gasteiger partial charge on any atom is -0.340 e. The molecule has 0 bridgehead atoms. The number of aromatic amines is 1. The summed E-state index contributed by atoms with van der Waals surface area (Å²) in [5.74, 6) is 0.676. The molecule has 0 fully saturated rings. The average Bonchev–Trinajstić information content (AvgIpc) is 3.48. The molecular formula is C25H19N9O2. The summed E-state index contributed by atoms with van der Waals surface area (Å²) < 4.78 is 0. The summed E-state index contributed by atoms with van der Waals surface area (Å²) in [5, 5.41) is 21.4. The number of anilines is 3. The van der Waals surface area contributed by atoms with Crippen molar-refractivity contribution in [2.75, 3.05) is 17.2 Å². The summed E-state index contributed by atoms with van der Waals surface area (Å²) in [7, 11) is 0. The number of amides is 2. The molecule has 36 heavy (non-hydrogen) atoms. The van der Waals surface area contributed by atoms with Crippen molar-refractivity contribution < 1.29 is 9.59 Å². The highest BCUT2D eigenvalue weighted by Gasteiger charge is 2.29. The Morgan fingerprint density at radius 1 is 1.00 bits per heavy atom. The van der Waals surface area contributed by atoms with E-state index >= 15 is 0 Å². The van der Waals surface area contributed by atoms with Gasteiger partial charge in [0.2, 0.25) is 5.91 Å². The molecule has 0 saturated heterocycles. The second-order valence-corrected chi connectivity index (χ2v) is 8.27. The second kappa shape index (κ2) is 8.87. The molecule has 11 heteroatoms. The molecule has 4 heterocycles. The summed E-state index contributed by atoms with van der Waals surface area (Å²) >= 11 is 0. The Morgan fingerprint density at radius 2 is 1.94 bits per heavy atom. The van der Waals surface area contributed by atoms with E-state index in [1.807, 2.05) is 30.3 Å². The lowest BCUT2D eigenvalue weighted by Gasteiger charge is -2.14. The largest absolute Gasteiger partial charge is 0.340 e. The second-order valence-electron chi connectivity index (χ2n) is 8.27. The molecule has 0 unspecified atom stereocenters. The molecule has 3 aromatic heterocycles. The maximum absolute atomic E-state index is 12.8. The van der Waals surface area contributed by atoms with Gasteiger partial charge in [-0.2, -0.15) is 15.3 Å². The van der Waals surface area contributed by atoms with Gasteiger partial charge in [-0.05, 0) is 48.0 Å². The van der Waals surface area contributed by atoms with Crippen LogP contribution in [0.1, 0.15) is 15.9 Å². The van der Waals surface area contributed by atoms with Crippen LogP contribution in [0.4, 0.5) is 17.2 Å². The van der Waals surface area contributed by atoms with E-state index in [1.165, 1.54) is 17.3 Å². The van der Waals surface area contributed by atoms with Crippen LogP contribution >= 0.6 is 0 Å². The first-order chi connectivity index (χ1) is 17.6. The van der Waals surface area contributed by atoms with Crippen LogP contribution in [-0.2, 0) is 11.3 Å². The minimum atomic E-state index is -0.305. The van der Waals surface area contributed by atoms with Crippen molar-refractivity contribution in [3.8, 4) is 11.4 Å². The van der Waals surface area contributed by atoms with E-state index in [4.69, 9.17) is 0 Å². The topological polar surface area (TPSA) is 142 Å². The van der Waals surface area contributed by atoms with Gasteiger partial charge in [-0.1, -0.05) is 6.07 Å². The zero-order valence-electron chi connectivity index (χ0n) is 18.8. The summed E-state index contributed by atoms with van der Waals surface area (Å²) in [4.78, 5) is 35.8. The van der Waals surface area contributed by atoms with Crippen LogP contribution in [-0.4, -0.2) is 53.6 Å². The Morgan fingerprint density at radius 3 is 2.83 bits per heavy atom. The molecule has 0 spiro atoms. The quantitative estimate of drug-likeness (QED) is 0.339. The lowest BCUT2D eigenvalue weighted by atomic mass is 10.1. The zero-order valence-corrected chi connectivity index (χ0v) is 18.8. The molecule has 2 aromatic carbocycles. The highest BCUT2D eigenvalue weighted by Crippen LogP contribution is 2.28. The molecule has 6 rings (SSSR count). The van der Waals surface area contributed by atoms with Crippen LogP contribution < -0.4 is 10.6 Å². The SMILES string of the molecule is O=C(CN1Cc2cc(-c3nccc(Nc4ccc5[nH]ncc5c4)n3)ccc2C1=O)Nc1ccnnc1. The van der Waals surface area contributed by atoms with Gasteiger partial charge < -0.3 is 15.5 Å². The number of nitrogens with zero attached hydrogens (tertiary/aromatic N) is 6. The van der Waals surface area contributed by atoms with Gasteiger partial charge in [-0.3, -0.25) is 14.7 Å². The van der Waals surface area contributed by atoms with Crippen LogP contribution in [0, 0.1) is 0 Å². The molecule has 1 aliphatic rings. The highest BCUT2D eigenvalue weighted by atomic mass is 16.2. The van der Waals surface area contributed by atoms with Gasteiger partial charge >= 0.3 is 0 Å². The number of carbonyl (C=O) groups excluding carboxylic acids is 2. The van der Waals surface area contributed by atoms with E-state index < -0.39 is 0 Å². The number of benzene rings is 2. The van der Waals surface area contributed by atoms with Crippen molar-refractivity contribution in [2.24, 2.45) is 0 Å². The summed E-state index contributed by atoms with van der Waals surface area (Å²) in [6.07, 6.45) is 6.38. The smallest absolute Gasteiger partial charge is 0.254 e. The molecule has 0 saturated carbocycles. The van der Waals surface area contributed by atoms with Crippen LogP contribution in [0.5, 0.6) is 0 Å². The van der Waals surface area contributed by atoms with Gasteiger partial charge in [0.1, 0.15) is 12.4 Å². The van der Waals surface area contributed by atoms with Crippen LogP contribution in [0.15, 0.2) is 73.3 Å². The Kier molecular flexibility index (Phi) is 5.26. The van der Waals surface area contributed by atoms with Crippen LogP contribution in [0.25, 0.3) is 22.3 Å². The van der Waals surface area contributed by atoms with E-state index in [1.54, 1.807) is 30.6 Å². The molecule has 1 aliphatic heterocycles. The Labute approximate surface area is 204 Å². The minimum absolute atomic E-state index is 0.0674. The Bertz CT molecular complexity index is 1600. The van der Waals surface area contributed by atoms with E-state index in [2.05, 4.69) is 41.0 Å². The molecule has 176 valence electrons. The standard InChI is InChI=1S/C25H19N9O2/c35-23(31-19-5-8-27-28-12-19)14-34-13-17-9-15(1-3-20(17)25(34)36)24-26-7-6-22(32-24)30-18-2-4-21-16(10-18)11-29-33-21/h1-12H,13-14H2,(H,29,33)(H,26,30,32)(H,27,31,35). The third-order valence-electron chi connectivity index (χ3n) is 5.81. The predicted octanol–water partition coefficient (Wildman–Crippen LogP) is 3.15. The fourth-order valence-electron chi connectivity index (χ4n) is 4.12. The number of H-pyrrole nitrogens is 1. The zero-order chi connectivity index (χ0) is 24.5. The van der Waals surface area contributed by atoms with Crippen molar-refractivity contribution in [3.05, 3.63) is 84.4 Å².